The van der Waals surface area contributed by atoms with Crippen molar-refractivity contribution in [1.82, 2.24) is 10.3 Å². The van der Waals surface area contributed by atoms with Crippen LogP contribution in [0.4, 0.5) is 0 Å². The standard InChI is InChI=1S/C17H23N3O/c1-17(2,3)20-16(21)13(11-18)10-14-9-8-12-6-4-5-7-15(12)19-14/h4-9,13H,10-11,18H2,1-3H3,(H,20,21). The van der Waals surface area contributed by atoms with E-state index >= 15 is 0 Å². The highest BCUT2D eigenvalue weighted by atomic mass is 16.2. The molecule has 3 N–H and O–H groups in total. The second-order valence-electron chi connectivity index (χ2n) is 6.37. The van der Waals surface area contributed by atoms with E-state index in [0.29, 0.717) is 13.0 Å². The molecule has 21 heavy (non-hydrogen) atoms. The van der Waals surface area contributed by atoms with Gasteiger partial charge in [-0.1, -0.05) is 24.3 Å². The van der Waals surface area contributed by atoms with E-state index in [-0.39, 0.29) is 17.4 Å². The van der Waals surface area contributed by atoms with Crippen molar-refractivity contribution in [2.45, 2.75) is 32.7 Å². The minimum atomic E-state index is -0.252. The largest absolute Gasteiger partial charge is 0.351 e. The second-order valence-corrected chi connectivity index (χ2v) is 6.37. The Kier molecular flexibility index (Phi) is 4.58. The monoisotopic (exact) mass is 285 g/mol. The Hall–Kier alpha value is -1.94. The van der Waals surface area contributed by atoms with Crippen molar-refractivity contribution >= 4 is 16.8 Å². The average molecular weight is 285 g/mol. The number of hydrogen-bond donors (Lipinski definition) is 2. The highest BCUT2D eigenvalue weighted by Gasteiger charge is 2.22. The molecule has 0 fully saturated rings. The molecule has 0 aliphatic rings. The number of nitrogens with zero attached hydrogens (tertiary/aromatic N) is 1. The number of pyridine rings is 1. The van der Waals surface area contributed by atoms with Gasteiger partial charge in [0.05, 0.1) is 11.4 Å². The molecule has 112 valence electrons. The lowest BCUT2D eigenvalue weighted by molar-refractivity contribution is -0.126. The van der Waals surface area contributed by atoms with Crippen molar-refractivity contribution < 1.29 is 4.79 Å². The fourth-order valence-electron chi connectivity index (χ4n) is 2.23. The van der Waals surface area contributed by atoms with Gasteiger partial charge in [0, 0.05) is 29.6 Å². The Labute approximate surface area is 125 Å². The Morgan fingerprint density at radius 1 is 1.24 bits per heavy atom. The van der Waals surface area contributed by atoms with E-state index in [1.807, 2.05) is 57.2 Å². The van der Waals surface area contributed by atoms with E-state index in [1.165, 1.54) is 0 Å². The third-order valence-electron chi connectivity index (χ3n) is 3.27. The normalized spacial score (nSPS) is 13.1. The van der Waals surface area contributed by atoms with Crippen molar-refractivity contribution in [3.63, 3.8) is 0 Å². The van der Waals surface area contributed by atoms with Crippen LogP contribution in [0.5, 0.6) is 0 Å². The molecule has 4 heteroatoms. The Balaban J connectivity index is 2.14. The fraction of sp³-hybridized carbons (Fsp3) is 0.412. The molecule has 1 atom stereocenters. The molecule has 0 spiro atoms. The van der Waals surface area contributed by atoms with Crippen LogP contribution in [0.2, 0.25) is 0 Å². The third kappa shape index (κ3) is 4.26. The minimum absolute atomic E-state index is 0.0139. The van der Waals surface area contributed by atoms with Crippen LogP contribution in [0.25, 0.3) is 10.9 Å². The summed E-state index contributed by atoms with van der Waals surface area (Å²) in [6.07, 6.45) is 0.559. The number of hydrogen-bond acceptors (Lipinski definition) is 3. The maximum Gasteiger partial charge on any atom is 0.225 e. The summed E-state index contributed by atoms with van der Waals surface area (Å²) in [5, 5.41) is 4.08. The number of aromatic nitrogens is 1. The van der Waals surface area contributed by atoms with Crippen LogP contribution < -0.4 is 11.1 Å². The molecule has 2 aromatic rings. The Bertz CT molecular complexity index is 631. The first-order valence-electron chi connectivity index (χ1n) is 7.26. The summed E-state index contributed by atoms with van der Waals surface area (Å²) >= 11 is 0. The van der Waals surface area contributed by atoms with Gasteiger partial charge in [-0.25, -0.2) is 0 Å². The summed E-state index contributed by atoms with van der Waals surface area (Å²) in [5.41, 5.74) is 7.36. The molecule has 0 aliphatic carbocycles. The SMILES string of the molecule is CC(C)(C)NC(=O)C(CN)Cc1ccc2ccccc2n1. The molecule has 1 unspecified atom stereocenters. The van der Waals surface area contributed by atoms with E-state index < -0.39 is 0 Å². The zero-order valence-corrected chi connectivity index (χ0v) is 12.9. The van der Waals surface area contributed by atoms with Gasteiger partial charge in [-0.2, -0.15) is 0 Å². The summed E-state index contributed by atoms with van der Waals surface area (Å²) in [6, 6.07) is 12.0. The first-order valence-corrected chi connectivity index (χ1v) is 7.26. The molecule has 0 aliphatic heterocycles. The van der Waals surface area contributed by atoms with Gasteiger partial charge in [-0.3, -0.25) is 9.78 Å². The van der Waals surface area contributed by atoms with Gasteiger partial charge in [-0.05, 0) is 32.9 Å². The molecule has 1 heterocycles. The molecular weight excluding hydrogens is 262 g/mol. The molecule has 0 saturated carbocycles. The second kappa shape index (κ2) is 6.22. The van der Waals surface area contributed by atoms with E-state index in [0.717, 1.165) is 16.6 Å². The Morgan fingerprint density at radius 3 is 2.62 bits per heavy atom. The molecule has 1 aromatic carbocycles. The topological polar surface area (TPSA) is 68.0 Å². The molecule has 0 bridgehead atoms. The van der Waals surface area contributed by atoms with Crippen LogP contribution in [-0.4, -0.2) is 23.0 Å². The van der Waals surface area contributed by atoms with Crippen molar-refractivity contribution in [2.24, 2.45) is 11.7 Å². The zero-order valence-electron chi connectivity index (χ0n) is 12.9. The third-order valence-corrected chi connectivity index (χ3v) is 3.27. The molecule has 2 rings (SSSR count). The number of nitrogens with two attached hydrogens (primary N) is 1. The van der Waals surface area contributed by atoms with Crippen LogP contribution in [-0.2, 0) is 11.2 Å². The van der Waals surface area contributed by atoms with E-state index in [9.17, 15) is 4.79 Å². The maximum absolute atomic E-state index is 12.2. The smallest absolute Gasteiger partial charge is 0.225 e. The predicted molar refractivity (Wildman–Crippen MR) is 85.9 cm³/mol. The number of amides is 1. The van der Waals surface area contributed by atoms with Crippen LogP contribution in [0.15, 0.2) is 36.4 Å². The van der Waals surface area contributed by atoms with Crippen LogP contribution in [0, 0.1) is 5.92 Å². The predicted octanol–water partition coefficient (Wildman–Crippen LogP) is 2.27. The number of carbonyl (C=O) groups is 1. The van der Waals surface area contributed by atoms with Gasteiger partial charge in [0.2, 0.25) is 5.91 Å². The van der Waals surface area contributed by atoms with Crippen LogP contribution in [0.1, 0.15) is 26.5 Å². The van der Waals surface area contributed by atoms with Gasteiger partial charge in [-0.15, -0.1) is 0 Å². The van der Waals surface area contributed by atoms with Gasteiger partial charge < -0.3 is 11.1 Å². The summed E-state index contributed by atoms with van der Waals surface area (Å²) in [5.74, 6) is -0.266. The number of carbonyl (C=O) groups excluding carboxylic acids is 1. The molecule has 4 nitrogen and oxygen atoms in total. The van der Waals surface area contributed by atoms with Gasteiger partial charge in [0.1, 0.15) is 0 Å². The van der Waals surface area contributed by atoms with Crippen molar-refractivity contribution in [2.75, 3.05) is 6.54 Å². The number of fused-ring (bicyclic) bond motifs is 1. The Morgan fingerprint density at radius 2 is 1.95 bits per heavy atom. The molecule has 0 saturated heterocycles. The average Bonchev–Trinajstić information content (AvgIpc) is 2.42. The number of para-hydroxylation sites is 1. The van der Waals surface area contributed by atoms with Crippen molar-refractivity contribution in [3.8, 4) is 0 Å². The van der Waals surface area contributed by atoms with Crippen LogP contribution in [0.3, 0.4) is 0 Å². The lowest BCUT2D eigenvalue weighted by Gasteiger charge is -2.24. The van der Waals surface area contributed by atoms with Crippen molar-refractivity contribution in [3.05, 3.63) is 42.1 Å². The van der Waals surface area contributed by atoms with Gasteiger partial charge in [0.15, 0.2) is 0 Å². The molecule has 1 amide bonds. The van der Waals surface area contributed by atoms with Crippen molar-refractivity contribution in [1.29, 1.82) is 0 Å². The van der Waals surface area contributed by atoms with Gasteiger partial charge >= 0.3 is 0 Å². The van der Waals surface area contributed by atoms with E-state index in [2.05, 4.69) is 10.3 Å². The molecule has 0 radical (unpaired) electrons. The lowest BCUT2D eigenvalue weighted by atomic mass is 9.99. The molecular formula is C17H23N3O. The summed E-state index contributed by atoms with van der Waals surface area (Å²) < 4.78 is 0. The number of benzene rings is 1. The number of rotatable bonds is 4. The molecule has 1 aromatic heterocycles. The maximum atomic E-state index is 12.2. The number of nitrogens with one attached hydrogen (secondary N) is 1. The lowest BCUT2D eigenvalue weighted by Crippen LogP contribution is -2.46. The first kappa shape index (κ1) is 15.4. The summed E-state index contributed by atoms with van der Waals surface area (Å²) in [4.78, 5) is 16.8. The minimum Gasteiger partial charge on any atom is -0.351 e. The highest BCUT2D eigenvalue weighted by molar-refractivity contribution is 5.80. The van der Waals surface area contributed by atoms with E-state index in [1.54, 1.807) is 0 Å². The zero-order chi connectivity index (χ0) is 15.5. The van der Waals surface area contributed by atoms with E-state index in [4.69, 9.17) is 5.73 Å². The first-order chi connectivity index (χ1) is 9.89. The van der Waals surface area contributed by atoms with Gasteiger partial charge in [0.25, 0.3) is 0 Å². The summed E-state index contributed by atoms with van der Waals surface area (Å²) in [7, 11) is 0. The quantitative estimate of drug-likeness (QED) is 0.905. The fourth-order valence-corrected chi connectivity index (χ4v) is 2.23. The van der Waals surface area contributed by atoms with Crippen LogP contribution >= 0.6 is 0 Å². The summed E-state index contributed by atoms with van der Waals surface area (Å²) in [6.45, 7) is 6.21. The highest BCUT2D eigenvalue weighted by Crippen LogP contribution is 2.15.